The smallest absolute Gasteiger partial charge is 0.306 e. The average molecular weight is 449 g/mol. The van der Waals surface area contributed by atoms with E-state index in [0.29, 0.717) is 5.75 Å². The molecule has 31 heavy (non-hydrogen) atoms. The van der Waals surface area contributed by atoms with Crippen LogP contribution in [0.25, 0.3) is 0 Å². The number of hydrogen-bond donors (Lipinski definition) is 1. The molecule has 0 aromatic heterocycles. The second kappa shape index (κ2) is 9.61. The Labute approximate surface area is 187 Å². The van der Waals surface area contributed by atoms with Crippen LogP contribution in [0, 0.1) is 12.3 Å². The van der Waals surface area contributed by atoms with Gasteiger partial charge >= 0.3 is 10.1 Å². The van der Waals surface area contributed by atoms with Gasteiger partial charge in [-0.2, -0.15) is 8.42 Å². The van der Waals surface area contributed by atoms with Gasteiger partial charge in [-0.15, -0.1) is 0 Å². The predicted octanol–water partition coefficient (Wildman–Crippen LogP) is 5.23. The second-order valence-corrected chi connectivity index (χ2v) is 10.8. The first-order valence-corrected chi connectivity index (χ1v) is 12.6. The first kappa shape index (κ1) is 25.2. The van der Waals surface area contributed by atoms with Crippen molar-refractivity contribution >= 4 is 10.1 Å². The Kier molecular flexibility index (Phi) is 7.82. The molecule has 0 radical (unpaired) electrons. The highest BCUT2D eigenvalue weighted by Gasteiger charge is 2.31. The monoisotopic (exact) mass is 448 g/mol. The van der Waals surface area contributed by atoms with E-state index >= 15 is 0 Å². The molecule has 0 fully saturated rings. The molecule has 1 unspecified atom stereocenters. The van der Waals surface area contributed by atoms with Gasteiger partial charge in [0.25, 0.3) is 0 Å². The van der Waals surface area contributed by atoms with Gasteiger partial charge in [0.15, 0.2) is 0 Å². The molecule has 0 aliphatic rings. The van der Waals surface area contributed by atoms with Crippen LogP contribution in [0.15, 0.2) is 42.5 Å². The predicted molar refractivity (Wildman–Crippen MR) is 125 cm³/mol. The largest absolute Gasteiger partial charge is 0.491 e. The van der Waals surface area contributed by atoms with Crippen LogP contribution in [0.2, 0.25) is 0 Å². The maximum atomic E-state index is 11.5. The maximum Gasteiger partial charge on any atom is 0.306 e. The lowest BCUT2D eigenvalue weighted by molar-refractivity contribution is 0.0218. The number of aliphatic hydroxyl groups is 1. The molecule has 0 saturated heterocycles. The van der Waals surface area contributed by atoms with Crippen LogP contribution in [0.3, 0.4) is 0 Å². The quantitative estimate of drug-likeness (QED) is 0.532. The molecular weight excluding hydrogens is 412 g/mol. The van der Waals surface area contributed by atoms with E-state index in [9.17, 15) is 13.5 Å². The zero-order valence-electron chi connectivity index (χ0n) is 19.7. The minimum atomic E-state index is -3.57. The van der Waals surface area contributed by atoms with Gasteiger partial charge in [0, 0.05) is 5.41 Å². The molecule has 0 aliphatic heterocycles. The number of ether oxygens (including phenoxy) is 1. The molecule has 1 atom stereocenters. The van der Waals surface area contributed by atoms with E-state index in [1.165, 1.54) is 0 Å². The fourth-order valence-electron chi connectivity index (χ4n) is 3.73. The standard InChI is InChI=1S/C25H36O5S/c1-8-25(9-2,20-12-15-22(18(3)16-20)30-31(7,27)28)19-10-13-21(14-11-19)29-17-23(26)24(4,5)6/h10-16,23,26H,8-9,17H2,1-7H3. The molecule has 172 valence electrons. The van der Waals surface area contributed by atoms with E-state index in [0.717, 1.165) is 41.5 Å². The van der Waals surface area contributed by atoms with Crippen molar-refractivity contribution in [1.29, 1.82) is 0 Å². The lowest BCUT2D eigenvalue weighted by atomic mass is 9.70. The average Bonchev–Trinajstić information content (AvgIpc) is 2.68. The van der Waals surface area contributed by atoms with Gasteiger partial charge in [-0.3, -0.25) is 0 Å². The Bertz CT molecular complexity index is 968. The van der Waals surface area contributed by atoms with Crippen LogP contribution in [0.5, 0.6) is 11.5 Å². The highest BCUT2D eigenvalue weighted by molar-refractivity contribution is 7.86. The van der Waals surface area contributed by atoms with Crippen LogP contribution in [0.4, 0.5) is 0 Å². The first-order valence-electron chi connectivity index (χ1n) is 10.7. The Morgan fingerprint density at radius 3 is 1.97 bits per heavy atom. The molecule has 0 bridgehead atoms. The van der Waals surface area contributed by atoms with E-state index in [-0.39, 0.29) is 17.4 Å². The van der Waals surface area contributed by atoms with Crippen LogP contribution >= 0.6 is 0 Å². The Hall–Kier alpha value is -2.05. The van der Waals surface area contributed by atoms with Crippen molar-refractivity contribution in [2.24, 2.45) is 5.41 Å². The van der Waals surface area contributed by atoms with Crippen molar-refractivity contribution in [2.75, 3.05) is 12.9 Å². The lowest BCUT2D eigenvalue weighted by Crippen LogP contribution is -2.32. The van der Waals surface area contributed by atoms with Gasteiger partial charge in [-0.05, 0) is 60.1 Å². The van der Waals surface area contributed by atoms with Gasteiger partial charge in [-0.1, -0.05) is 58.9 Å². The molecule has 0 spiro atoms. The van der Waals surface area contributed by atoms with E-state index < -0.39 is 16.2 Å². The summed E-state index contributed by atoms with van der Waals surface area (Å²) < 4.78 is 33.9. The van der Waals surface area contributed by atoms with Gasteiger partial charge < -0.3 is 14.0 Å². The molecule has 0 saturated carbocycles. The highest BCUT2D eigenvalue weighted by atomic mass is 32.2. The van der Waals surface area contributed by atoms with Crippen molar-refractivity contribution < 1.29 is 22.4 Å². The molecule has 0 amide bonds. The normalized spacial score (nSPS) is 13.7. The summed E-state index contributed by atoms with van der Waals surface area (Å²) in [5.41, 5.74) is 2.62. The molecule has 6 heteroatoms. The summed E-state index contributed by atoms with van der Waals surface area (Å²) in [7, 11) is -3.57. The van der Waals surface area contributed by atoms with Crippen LogP contribution in [0.1, 0.15) is 64.2 Å². The van der Waals surface area contributed by atoms with Crippen LogP contribution in [-0.4, -0.2) is 32.5 Å². The van der Waals surface area contributed by atoms with Crippen molar-refractivity contribution in [3.63, 3.8) is 0 Å². The van der Waals surface area contributed by atoms with Gasteiger partial charge in [0.2, 0.25) is 0 Å². The van der Waals surface area contributed by atoms with E-state index in [4.69, 9.17) is 8.92 Å². The molecule has 5 nitrogen and oxygen atoms in total. The van der Waals surface area contributed by atoms with Crippen molar-refractivity contribution in [2.45, 2.75) is 65.9 Å². The zero-order valence-corrected chi connectivity index (χ0v) is 20.5. The third kappa shape index (κ3) is 6.23. The summed E-state index contributed by atoms with van der Waals surface area (Å²) in [6.45, 7) is 12.4. The van der Waals surface area contributed by atoms with E-state index in [1.807, 2.05) is 52.0 Å². The first-order chi connectivity index (χ1) is 14.3. The molecule has 2 aromatic rings. The summed E-state index contributed by atoms with van der Waals surface area (Å²) in [6.07, 6.45) is 2.27. The van der Waals surface area contributed by atoms with Gasteiger partial charge in [0.1, 0.15) is 18.1 Å². The maximum absolute atomic E-state index is 11.5. The molecule has 1 N–H and O–H groups in total. The summed E-state index contributed by atoms with van der Waals surface area (Å²) >= 11 is 0. The topological polar surface area (TPSA) is 72.8 Å². The minimum Gasteiger partial charge on any atom is -0.491 e. The fraction of sp³-hybridized carbons (Fsp3) is 0.520. The molecule has 2 aromatic carbocycles. The third-order valence-corrected chi connectivity index (χ3v) is 6.47. The summed E-state index contributed by atoms with van der Waals surface area (Å²) in [6, 6.07) is 13.7. The second-order valence-electron chi connectivity index (χ2n) is 9.27. The summed E-state index contributed by atoms with van der Waals surface area (Å²) in [5, 5.41) is 10.2. The molecule has 0 heterocycles. The number of aryl methyl sites for hydroxylation is 1. The van der Waals surface area contributed by atoms with Gasteiger partial charge in [-0.25, -0.2) is 0 Å². The summed E-state index contributed by atoms with van der Waals surface area (Å²) in [5.74, 6) is 1.08. The number of benzene rings is 2. The third-order valence-electron chi connectivity index (χ3n) is 5.99. The Morgan fingerprint density at radius 2 is 1.52 bits per heavy atom. The SMILES string of the molecule is CCC(CC)(c1ccc(OCC(O)C(C)(C)C)cc1)c1ccc(OS(C)(=O)=O)c(C)c1. The number of rotatable bonds is 9. The Balaban J connectivity index is 2.31. The van der Waals surface area contributed by atoms with Crippen molar-refractivity contribution in [1.82, 2.24) is 0 Å². The zero-order chi connectivity index (χ0) is 23.4. The highest BCUT2D eigenvalue weighted by Crippen LogP contribution is 2.41. The lowest BCUT2D eigenvalue weighted by Gasteiger charge is -2.34. The fourth-order valence-corrected chi connectivity index (χ4v) is 4.25. The number of aliphatic hydroxyl groups excluding tert-OH is 1. The van der Waals surface area contributed by atoms with E-state index in [2.05, 4.69) is 26.0 Å². The van der Waals surface area contributed by atoms with Gasteiger partial charge in [0.05, 0.1) is 12.4 Å². The van der Waals surface area contributed by atoms with Crippen LogP contribution < -0.4 is 8.92 Å². The Morgan fingerprint density at radius 1 is 0.968 bits per heavy atom. The van der Waals surface area contributed by atoms with E-state index in [1.54, 1.807) is 6.07 Å². The summed E-state index contributed by atoms with van der Waals surface area (Å²) in [4.78, 5) is 0. The van der Waals surface area contributed by atoms with Crippen molar-refractivity contribution in [3.05, 3.63) is 59.2 Å². The molecule has 0 aliphatic carbocycles. The van der Waals surface area contributed by atoms with Crippen molar-refractivity contribution in [3.8, 4) is 11.5 Å². The molecule has 2 rings (SSSR count). The molecular formula is C25H36O5S. The minimum absolute atomic E-state index is 0.210. The van der Waals surface area contributed by atoms with Crippen LogP contribution in [-0.2, 0) is 15.5 Å². The number of hydrogen-bond acceptors (Lipinski definition) is 5.